The third kappa shape index (κ3) is 7.97. The van der Waals surface area contributed by atoms with Gasteiger partial charge in [-0.05, 0) is 80.5 Å². The molecule has 1 fully saturated rings. The van der Waals surface area contributed by atoms with Crippen LogP contribution in [0.1, 0.15) is 95.0 Å². The minimum atomic E-state index is -0.701. The Morgan fingerprint density at radius 2 is 1.73 bits per heavy atom. The SMILES string of the molecule is CC(C)(C)C(O)c1cccc([C@H](Nc2cc(Cl)cc3c(Nc4ccc(F)c(Cl)c4)c(C#N)cnc23)c2cn(C3CCN(C(C)(C)C)CC3)nn2)c1. The van der Waals surface area contributed by atoms with E-state index in [4.69, 9.17) is 33.3 Å². The molecule has 51 heavy (non-hydrogen) atoms. The van der Waals surface area contributed by atoms with E-state index in [-0.39, 0.29) is 27.6 Å². The van der Waals surface area contributed by atoms with Crippen LogP contribution in [0, 0.1) is 22.6 Å². The number of pyridine rings is 1. The highest BCUT2D eigenvalue weighted by atomic mass is 35.5. The van der Waals surface area contributed by atoms with Gasteiger partial charge in [0.2, 0.25) is 0 Å². The van der Waals surface area contributed by atoms with Gasteiger partial charge in [-0.3, -0.25) is 9.88 Å². The van der Waals surface area contributed by atoms with Crippen LogP contribution in [0.15, 0.2) is 67.0 Å². The van der Waals surface area contributed by atoms with Crippen molar-refractivity contribution in [1.82, 2.24) is 24.9 Å². The molecule has 9 nitrogen and oxygen atoms in total. The van der Waals surface area contributed by atoms with E-state index in [9.17, 15) is 14.8 Å². The molecule has 1 saturated heterocycles. The van der Waals surface area contributed by atoms with Gasteiger partial charge in [-0.2, -0.15) is 5.26 Å². The van der Waals surface area contributed by atoms with Gasteiger partial charge in [0.15, 0.2) is 0 Å². The highest BCUT2D eigenvalue weighted by Gasteiger charge is 2.30. The van der Waals surface area contributed by atoms with Gasteiger partial charge in [0.25, 0.3) is 0 Å². The maximum Gasteiger partial charge on any atom is 0.141 e. The van der Waals surface area contributed by atoms with E-state index in [0.29, 0.717) is 38.7 Å². The number of halogens is 3. The summed E-state index contributed by atoms with van der Waals surface area (Å²) in [6, 6.07) is 17.5. The van der Waals surface area contributed by atoms with Gasteiger partial charge in [-0.1, -0.05) is 73.5 Å². The summed E-state index contributed by atoms with van der Waals surface area (Å²) >= 11 is 12.8. The van der Waals surface area contributed by atoms with Gasteiger partial charge in [-0.15, -0.1) is 5.10 Å². The van der Waals surface area contributed by atoms with Gasteiger partial charge in [0, 0.05) is 40.9 Å². The second-order valence-electron chi connectivity index (χ2n) is 15.3. The summed E-state index contributed by atoms with van der Waals surface area (Å²) in [6.07, 6.45) is 4.72. The molecule has 1 aliphatic heterocycles. The fourth-order valence-electron chi connectivity index (χ4n) is 6.61. The molecule has 2 atom stereocenters. The summed E-state index contributed by atoms with van der Waals surface area (Å²) in [5.74, 6) is -0.547. The second kappa shape index (κ2) is 14.4. The number of rotatable bonds is 8. The summed E-state index contributed by atoms with van der Waals surface area (Å²) in [6.45, 7) is 14.7. The largest absolute Gasteiger partial charge is 0.388 e. The van der Waals surface area contributed by atoms with Crippen LogP contribution in [0.4, 0.5) is 21.5 Å². The molecule has 0 saturated carbocycles. The molecular weight excluding hydrogens is 686 g/mol. The van der Waals surface area contributed by atoms with Gasteiger partial charge in [0.05, 0.1) is 51.9 Å². The van der Waals surface area contributed by atoms with Crippen molar-refractivity contribution in [3.8, 4) is 6.07 Å². The standard InChI is InChI=1S/C39H43Cl2FN8O/c1-38(2,3)37(51)24-9-7-8-23(16-24)35(33-22-50(48-47-33)28-12-14-49(15-13-28)39(4,5)6)46-32-18-26(40)17-29-34(25(20-43)21-44-36(29)32)45-27-10-11-31(42)30(41)19-27/h7-11,16-19,21-22,28,35,37,46,51H,12-15H2,1-6H3,(H,44,45)/t35-,37?/m0/s1. The second-order valence-corrected chi connectivity index (χ2v) is 16.1. The molecule has 5 aromatic rings. The Labute approximate surface area is 308 Å². The fourth-order valence-corrected chi connectivity index (χ4v) is 7.01. The minimum Gasteiger partial charge on any atom is -0.388 e. The van der Waals surface area contributed by atoms with Crippen LogP contribution in [0.5, 0.6) is 0 Å². The van der Waals surface area contributed by atoms with E-state index in [1.807, 2.05) is 55.9 Å². The van der Waals surface area contributed by atoms with Crippen LogP contribution in [-0.4, -0.2) is 48.6 Å². The van der Waals surface area contributed by atoms with E-state index in [1.165, 1.54) is 18.3 Å². The third-order valence-electron chi connectivity index (χ3n) is 9.54. The molecule has 3 aromatic carbocycles. The predicted molar refractivity (Wildman–Crippen MR) is 202 cm³/mol. The summed E-state index contributed by atoms with van der Waals surface area (Å²) < 4.78 is 15.9. The van der Waals surface area contributed by atoms with Crippen LogP contribution in [0.25, 0.3) is 10.9 Å². The smallest absolute Gasteiger partial charge is 0.141 e. The van der Waals surface area contributed by atoms with Gasteiger partial charge < -0.3 is 15.7 Å². The zero-order valence-corrected chi connectivity index (χ0v) is 31.2. The van der Waals surface area contributed by atoms with E-state index in [2.05, 4.69) is 47.6 Å². The van der Waals surface area contributed by atoms with Gasteiger partial charge in [0.1, 0.15) is 17.6 Å². The van der Waals surface area contributed by atoms with Gasteiger partial charge >= 0.3 is 0 Å². The van der Waals surface area contributed by atoms with E-state index >= 15 is 0 Å². The number of nitriles is 1. The zero-order chi connectivity index (χ0) is 36.7. The molecule has 6 rings (SSSR count). The lowest BCUT2D eigenvalue weighted by atomic mass is 9.84. The average Bonchev–Trinajstić information content (AvgIpc) is 3.58. The number of aromatic nitrogens is 4. The van der Waals surface area contributed by atoms with Crippen LogP contribution in [-0.2, 0) is 0 Å². The number of likely N-dealkylation sites (tertiary alicyclic amines) is 1. The van der Waals surface area contributed by atoms with E-state index in [1.54, 1.807) is 18.2 Å². The average molecular weight is 730 g/mol. The Balaban J connectivity index is 1.42. The number of anilines is 3. The molecule has 2 aromatic heterocycles. The normalized spacial score (nSPS) is 15.8. The molecule has 0 aliphatic carbocycles. The maximum absolute atomic E-state index is 14.0. The number of nitrogens with one attached hydrogen (secondary N) is 2. The van der Waals surface area contributed by atoms with Crippen molar-refractivity contribution in [3.63, 3.8) is 0 Å². The monoisotopic (exact) mass is 728 g/mol. The maximum atomic E-state index is 14.0. The van der Waals surface area contributed by atoms with Crippen LogP contribution < -0.4 is 10.6 Å². The lowest BCUT2D eigenvalue weighted by Gasteiger charge is -2.40. The molecule has 3 heterocycles. The van der Waals surface area contributed by atoms with Crippen molar-refractivity contribution < 1.29 is 9.50 Å². The first-order chi connectivity index (χ1) is 24.1. The Morgan fingerprint density at radius 3 is 2.39 bits per heavy atom. The van der Waals surface area contributed by atoms with E-state index < -0.39 is 18.0 Å². The predicted octanol–water partition coefficient (Wildman–Crippen LogP) is 9.60. The van der Waals surface area contributed by atoms with Crippen LogP contribution in [0.3, 0.4) is 0 Å². The van der Waals surface area contributed by atoms with Gasteiger partial charge in [-0.25, -0.2) is 9.07 Å². The number of nitrogens with zero attached hydrogens (tertiary/aromatic N) is 6. The Kier molecular flexibility index (Phi) is 10.3. The van der Waals surface area contributed by atoms with Crippen molar-refractivity contribution in [2.24, 2.45) is 5.41 Å². The number of aliphatic hydroxyl groups is 1. The Bertz CT molecular complexity index is 2090. The molecule has 1 unspecified atom stereocenters. The summed E-state index contributed by atoms with van der Waals surface area (Å²) in [5.41, 5.74) is 4.45. The lowest BCUT2D eigenvalue weighted by Crippen LogP contribution is -2.46. The number of piperidine rings is 1. The van der Waals surface area contributed by atoms with Crippen molar-refractivity contribution in [1.29, 1.82) is 5.26 Å². The summed E-state index contributed by atoms with van der Waals surface area (Å²) in [4.78, 5) is 7.20. The molecule has 0 amide bonds. The molecule has 0 bridgehead atoms. The van der Waals surface area contributed by atoms with Crippen LogP contribution >= 0.6 is 23.2 Å². The zero-order valence-electron chi connectivity index (χ0n) is 29.7. The number of hydrogen-bond donors (Lipinski definition) is 3. The Morgan fingerprint density at radius 1 is 1.00 bits per heavy atom. The number of fused-ring (bicyclic) bond motifs is 1. The number of aliphatic hydroxyl groups excluding tert-OH is 1. The molecule has 12 heteroatoms. The topological polar surface area (TPSA) is 115 Å². The quantitative estimate of drug-likeness (QED) is 0.145. The first-order valence-corrected chi connectivity index (χ1v) is 17.8. The van der Waals surface area contributed by atoms with Crippen molar-refractivity contribution >= 4 is 51.2 Å². The first kappa shape index (κ1) is 36.5. The first-order valence-electron chi connectivity index (χ1n) is 17.1. The highest BCUT2D eigenvalue weighted by Crippen LogP contribution is 2.39. The summed E-state index contributed by atoms with van der Waals surface area (Å²) in [5, 5.41) is 38.4. The number of hydrogen-bond acceptors (Lipinski definition) is 8. The molecule has 3 N–H and O–H groups in total. The van der Waals surface area contributed by atoms with Crippen molar-refractivity contribution in [2.45, 2.75) is 78.1 Å². The molecule has 0 spiro atoms. The highest BCUT2D eigenvalue weighted by molar-refractivity contribution is 6.32. The fraction of sp³-hybridized carbons (Fsp3) is 0.385. The Hall–Kier alpha value is -4.27. The van der Waals surface area contributed by atoms with Crippen LogP contribution in [0.2, 0.25) is 10.0 Å². The van der Waals surface area contributed by atoms with Crippen molar-refractivity contribution in [2.75, 3.05) is 23.7 Å². The third-order valence-corrected chi connectivity index (χ3v) is 10.0. The molecular formula is C39H43Cl2FN8O. The number of benzene rings is 3. The minimum absolute atomic E-state index is 0.0493. The lowest BCUT2D eigenvalue weighted by molar-refractivity contribution is 0.0626. The van der Waals surface area contributed by atoms with E-state index in [0.717, 1.165) is 37.1 Å². The molecule has 266 valence electrons. The molecule has 0 radical (unpaired) electrons. The summed E-state index contributed by atoms with van der Waals surface area (Å²) in [7, 11) is 0. The molecule has 1 aliphatic rings. The van der Waals surface area contributed by atoms with Crippen molar-refractivity contribution in [3.05, 3.63) is 105 Å².